The van der Waals surface area contributed by atoms with Gasteiger partial charge in [-0.1, -0.05) is 6.92 Å². The first kappa shape index (κ1) is 29.7. The normalized spacial score (nSPS) is 26.6. The number of hydrogen-bond donors (Lipinski definition) is 1. The van der Waals surface area contributed by atoms with Gasteiger partial charge in [-0.15, -0.1) is 0 Å². The van der Waals surface area contributed by atoms with Crippen molar-refractivity contribution in [3.8, 4) is 6.01 Å². The van der Waals surface area contributed by atoms with Gasteiger partial charge in [0.2, 0.25) is 0 Å². The van der Waals surface area contributed by atoms with E-state index < -0.39 is 35.4 Å². The molecule has 0 saturated carbocycles. The Morgan fingerprint density at radius 3 is 2.68 bits per heavy atom. The highest BCUT2D eigenvalue weighted by Crippen LogP contribution is 2.43. The van der Waals surface area contributed by atoms with Crippen LogP contribution < -0.4 is 15.4 Å². The number of halogens is 5. The molecule has 8 nitrogen and oxygen atoms in total. The highest BCUT2D eigenvalue weighted by atomic mass is 19.4. The minimum Gasteiger partial charge on any atom is -0.467 e. The summed E-state index contributed by atoms with van der Waals surface area (Å²) in [6.07, 6.45) is -3.23. The number of nitrogen functional groups attached to an aromatic ring is 1. The number of nitrogens with two attached hydrogens (primary N) is 1. The molecule has 2 aromatic rings. The molecule has 6 rings (SSSR count). The maximum Gasteiger partial charge on any atom is 0.416 e. The molecule has 0 spiro atoms. The number of alkyl halides is 4. The Hall–Kier alpha value is -2.77. The fourth-order valence-electron chi connectivity index (χ4n) is 6.14. The largest absolute Gasteiger partial charge is 0.467 e. The van der Waals surface area contributed by atoms with Gasteiger partial charge in [-0.25, -0.2) is 8.78 Å². The van der Waals surface area contributed by atoms with Gasteiger partial charge < -0.3 is 24.8 Å². The third kappa shape index (κ3) is 6.51. The Bertz CT molecular complexity index is 1220. The molecule has 1 aromatic carbocycles. The van der Waals surface area contributed by atoms with E-state index in [1.807, 2.05) is 4.90 Å². The quantitative estimate of drug-likeness (QED) is 0.410. The average Bonchev–Trinajstić information content (AvgIpc) is 3.43. The number of hydrogen-bond acceptors (Lipinski definition) is 8. The van der Waals surface area contributed by atoms with Crippen molar-refractivity contribution in [1.29, 1.82) is 0 Å². The molecule has 4 aliphatic heterocycles. The van der Waals surface area contributed by atoms with E-state index in [1.165, 1.54) is 20.0 Å². The number of aromatic nitrogens is 2. The molecule has 2 N–H and O–H groups in total. The minimum atomic E-state index is -4.76. The first-order valence-electron chi connectivity index (χ1n) is 14.0. The van der Waals surface area contributed by atoms with Gasteiger partial charge in [-0.05, 0) is 43.9 Å². The maximum absolute atomic E-state index is 14.8. The van der Waals surface area contributed by atoms with E-state index in [0.717, 1.165) is 25.1 Å². The molecule has 41 heavy (non-hydrogen) atoms. The van der Waals surface area contributed by atoms with Gasteiger partial charge in [0.15, 0.2) is 5.82 Å². The van der Waals surface area contributed by atoms with Crippen LogP contribution in [-0.2, 0) is 28.7 Å². The summed E-state index contributed by atoms with van der Waals surface area (Å²) in [7, 11) is 1.41. The Morgan fingerprint density at radius 2 is 1.95 bits per heavy atom. The van der Waals surface area contributed by atoms with E-state index in [0.29, 0.717) is 56.0 Å². The van der Waals surface area contributed by atoms with Crippen molar-refractivity contribution >= 4 is 11.5 Å². The number of nitrogens with zero attached hydrogens (tertiary/aromatic N) is 4. The third-order valence-electron chi connectivity index (χ3n) is 8.08. The van der Waals surface area contributed by atoms with Crippen molar-refractivity contribution in [1.82, 2.24) is 14.9 Å². The fraction of sp³-hybridized carbons (Fsp3) is 0.643. The van der Waals surface area contributed by atoms with Crippen molar-refractivity contribution in [2.24, 2.45) is 5.92 Å². The van der Waals surface area contributed by atoms with Crippen LogP contribution in [0.2, 0.25) is 0 Å². The van der Waals surface area contributed by atoms with Crippen LogP contribution in [-0.4, -0.2) is 73.6 Å². The summed E-state index contributed by atoms with van der Waals surface area (Å²) in [4.78, 5) is 13.1. The predicted octanol–water partition coefficient (Wildman–Crippen LogP) is 4.70. The van der Waals surface area contributed by atoms with Crippen molar-refractivity contribution in [2.75, 3.05) is 57.1 Å². The first-order chi connectivity index (χ1) is 19.5. The molecule has 3 saturated heterocycles. The van der Waals surface area contributed by atoms with Gasteiger partial charge in [0.25, 0.3) is 0 Å². The molecule has 226 valence electrons. The number of fused-ring (bicyclic) bond motifs is 2. The summed E-state index contributed by atoms with van der Waals surface area (Å²) in [6.45, 7) is 6.23. The summed E-state index contributed by atoms with van der Waals surface area (Å²) >= 11 is 0. The smallest absolute Gasteiger partial charge is 0.416 e. The summed E-state index contributed by atoms with van der Waals surface area (Å²) in [6, 6.07) is 2.38. The zero-order valence-corrected chi connectivity index (χ0v) is 23.2. The number of anilines is 2. The lowest BCUT2D eigenvalue weighted by Crippen LogP contribution is -2.33. The summed E-state index contributed by atoms with van der Waals surface area (Å²) in [5.74, 6) is -0.290. The third-order valence-corrected chi connectivity index (χ3v) is 8.08. The predicted molar refractivity (Wildman–Crippen MR) is 142 cm³/mol. The van der Waals surface area contributed by atoms with Crippen LogP contribution in [0.1, 0.15) is 54.7 Å². The second-order valence-corrected chi connectivity index (χ2v) is 11.1. The lowest BCUT2D eigenvalue weighted by molar-refractivity contribution is -0.140. The van der Waals surface area contributed by atoms with Crippen molar-refractivity contribution < 1.29 is 36.2 Å². The zero-order chi connectivity index (χ0) is 29.3. The molecule has 3 fully saturated rings. The molecule has 13 heteroatoms. The first-order valence-corrected chi connectivity index (χ1v) is 14.0. The standard InChI is InChI=1S/C21H24F4N4O3.C7H12FN/c1-11-8-29(5-6-31-9-11)19-12-10-32-16(7-15(12)27-20(28-19)30-2)17-13(21(23,24)25)3-4-14(26)18(17)22;8-6-4-7-2-1-3-9(7)5-6/h3-4,11,16H,5-10,26H2,1-2H3;6-7H,1-5H2. The van der Waals surface area contributed by atoms with Crippen molar-refractivity contribution in [3.05, 3.63) is 40.3 Å². The fourth-order valence-corrected chi connectivity index (χ4v) is 6.14. The van der Waals surface area contributed by atoms with Crippen LogP contribution in [0.15, 0.2) is 12.1 Å². The molecule has 0 aliphatic carbocycles. The monoisotopic (exact) mass is 585 g/mol. The maximum atomic E-state index is 14.8. The topological polar surface area (TPSA) is 86.0 Å². The number of methoxy groups -OCH3 is 1. The molecule has 1 aromatic heterocycles. The van der Waals surface area contributed by atoms with E-state index in [-0.39, 0.29) is 30.6 Å². The highest BCUT2D eigenvalue weighted by Gasteiger charge is 2.40. The second kappa shape index (κ2) is 12.2. The molecule has 5 heterocycles. The molecule has 0 bridgehead atoms. The average molecular weight is 586 g/mol. The van der Waals surface area contributed by atoms with E-state index in [9.17, 15) is 22.0 Å². The van der Waals surface area contributed by atoms with Crippen LogP contribution in [0.25, 0.3) is 0 Å². The van der Waals surface area contributed by atoms with E-state index in [2.05, 4.69) is 21.8 Å². The highest BCUT2D eigenvalue weighted by molar-refractivity contribution is 5.53. The van der Waals surface area contributed by atoms with Gasteiger partial charge in [0.05, 0.1) is 50.0 Å². The summed E-state index contributed by atoms with van der Waals surface area (Å²) in [5, 5.41) is 0. The van der Waals surface area contributed by atoms with Crippen LogP contribution in [0.5, 0.6) is 6.01 Å². The SMILES string of the molecule is COc1nc2c(c(N3CCOCC(C)C3)n1)COC(c1c(C(F)(F)F)ccc(N)c1F)C2.FC1CC2CCCN2C1. The van der Waals surface area contributed by atoms with Gasteiger partial charge in [-0.2, -0.15) is 23.1 Å². The number of rotatable bonds is 3. The Labute approximate surface area is 236 Å². The minimum absolute atomic E-state index is 0.0728. The lowest BCUT2D eigenvalue weighted by atomic mass is 9.94. The van der Waals surface area contributed by atoms with Crippen molar-refractivity contribution in [3.63, 3.8) is 0 Å². The summed E-state index contributed by atoms with van der Waals surface area (Å²) in [5.41, 5.74) is 4.57. The van der Waals surface area contributed by atoms with Gasteiger partial charge in [0.1, 0.15) is 12.0 Å². The van der Waals surface area contributed by atoms with Crippen LogP contribution in [0, 0.1) is 11.7 Å². The Morgan fingerprint density at radius 1 is 1.15 bits per heavy atom. The van der Waals surface area contributed by atoms with Gasteiger partial charge >= 0.3 is 12.2 Å². The van der Waals surface area contributed by atoms with Crippen LogP contribution >= 0.6 is 0 Å². The molecule has 0 radical (unpaired) electrons. The zero-order valence-electron chi connectivity index (χ0n) is 23.2. The number of ether oxygens (including phenoxy) is 3. The van der Waals surface area contributed by atoms with E-state index in [1.54, 1.807) is 0 Å². The number of benzene rings is 1. The molecular weight excluding hydrogens is 549 g/mol. The van der Waals surface area contributed by atoms with Gasteiger partial charge in [-0.3, -0.25) is 4.90 Å². The molecule has 4 aliphatic rings. The Balaban J connectivity index is 0.000000315. The molecule has 4 unspecified atom stereocenters. The lowest BCUT2D eigenvalue weighted by Gasteiger charge is -2.32. The van der Waals surface area contributed by atoms with Crippen LogP contribution in [0.4, 0.5) is 33.5 Å². The Kier molecular flexibility index (Phi) is 8.86. The second-order valence-electron chi connectivity index (χ2n) is 11.1. The molecule has 0 amide bonds. The van der Waals surface area contributed by atoms with E-state index in [4.69, 9.17) is 19.9 Å². The van der Waals surface area contributed by atoms with Crippen LogP contribution in [0.3, 0.4) is 0 Å². The summed E-state index contributed by atoms with van der Waals surface area (Å²) < 4.78 is 84.7. The van der Waals surface area contributed by atoms with Gasteiger partial charge in [0, 0.05) is 43.2 Å². The molecule has 4 atom stereocenters. The van der Waals surface area contributed by atoms with Crippen molar-refractivity contribution in [2.45, 2.75) is 63.7 Å². The molecular formula is C28H36F5N5O3. The van der Waals surface area contributed by atoms with E-state index >= 15 is 0 Å².